The van der Waals surface area contributed by atoms with Crippen LogP contribution in [0.3, 0.4) is 0 Å². The SMILES string of the molecule is Cc1cc(F)c2c(c1)C[C@@H]1CC(N)CC(C1)c1ccncc1NC(=O)c1ccc(F)c-2n1. The van der Waals surface area contributed by atoms with Gasteiger partial charge in [-0.2, -0.15) is 0 Å². The molecular weight excluding hydrogens is 410 g/mol. The van der Waals surface area contributed by atoms with Crippen LogP contribution in [0.2, 0.25) is 0 Å². The van der Waals surface area contributed by atoms with Gasteiger partial charge in [-0.3, -0.25) is 9.78 Å². The number of halogens is 2. The average Bonchev–Trinajstić information content (AvgIpc) is 2.74. The van der Waals surface area contributed by atoms with Crippen molar-refractivity contribution in [2.75, 3.05) is 5.32 Å². The Balaban J connectivity index is 1.73. The largest absolute Gasteiger partial charge is 0.328 e. The van der Waals surface area contributed by atoms with Crippen LogP contribution in [-0.4, -0.2) is 21.9 Å². The van der Waals surface area contributed by atoms with Crippen molar-refractivity contribution < 1.29 is 13.6 Å². The number of nitrogens with one attached hydrogen (secondary N) is 1. The highest BCUT2D eigenvalue weighted by Crippen LogP contribution is 2.41. The number of amides is 1. The molecule has 1 fully saturated rings. The number of aryl methyl sites for hydroxylation is 1. The van der Waals surface area contributed by atoms with Gasteiger partial charge < -0.3 is 11.1 Å². The summed E-state index contributed by atoms with van der Waals surface area (Å²) in [6.45, 7) is 1.82. The topological polar surface area (TPSA) is 80.9 Å². The van der Waals surface area contributed by atoms with Crippen LogP contribution in [0.15, 0.2) is 42.7 Å². The fraction of sp³-hybridized carbons (Fsp3) is 0.320. The summed E-state index contributed by atoms with van der Waals surface area (Å²) >= 11 is 0. The van der Waals surface area contributed by atoms with Crippen LogP contribution < -0.4 is 11.1 Å². The van der Waals surface area contributed by atoms with E-state index in [2.05, 4.69) is 15.3 Å². The van der Waals surface area contributed by atoms with E-state index in [0.29, 0.717) is 17.7 Å². The third-order valence-electron chi connectivity index (χ3n) is 6.52. The second-order valence-corrected chi connectivity index (χ2v) is 8.96. The van der Waals surface area contributed by atoms with Crippen molar-refractivity contribution in [2.24, 2.45) is 11.7 Å². The van der Waals surface area contributed by atoms with E-state index in [1.807, 2.05) is 19.1 Å². The van der Waals surface area contributed by atoms with Gasteiger partial charge in [0.25, 0.3) is 5.91 Å². The minimum absolute atomic E-state index is 0.0149. The third kappa shape index (κ3) is 3.77. The molecule has 1 aliphatic heterocycles. The zero-order chi connectivity index (χ0) is 22.4. The van der Waals surface area contributed by atoms with Gasteiger partial charge in [-0.15, -0.1) is 0 Å². The van der Waals surface area contributed by atoms with Gasteiger partial charge in [-0.1, -0.05) is 6.07 Å². The summed E-state index contributed by atoms with van der Waals surface area (Å²) in [5, 5.41) is 2.87. The first-order valence-corrected chi connectivity index (χ1v) is 10.9. The van der Waals surface area contributed by atoms with Gasteiger partial charge in [-0.05, 0) is 85.4 Å². The Morgan fingerprint density at radius 3 is 2.78 bits per heavy atom. The lowest BCUT2D eigenvalue weighted by Crippen LogP contribution is -2.33. The van der Waals surface area contributed by atoms with Crippen molar-refractivity contribution in [1.29, 1.82) is 0 Å². The summed E-state index contributed by atoms with van der Waals surface area (Å²) in [4.78, 5) is 21.4. The predicted molar refractivity (Wildman–Crippen MR) is 118 cm³/mol. The van der Waals surface area contributed by atoms with Crippen LogP contribution in [0.5, 0.6) is 0 Å². The highest BCUT2D eigenvalue weighted by atomic mass is 19.1. The summed E-state index contributed by atoms with van der Waals surface area (Å²) in [7, 11) is 0. The molecular formula is C25H24F2N4O. The molecule has 1 amide bonds. The van der Waals surface area contributed by atoms with E-state index in [1.165, 1.54) is 18.2 Å². The van der Waals surface area contributed by atoms with Crippen molar-refractivity contribution in [3.8, 4) is 11.3 Å². The molecule has 4 bridgehead atoms. The lowest BCUT2D eigenvalue weighted by atomic mass is 9.73. The molecule has 1 aliphatic carbocycles. The summed E-state index contributed by atoms with van der Waals surface area (Å²) < 4.78 is 30.0. The van der Waals surface area contributed by atoms with Crippen molar-refractivity contribution in [2.45, 2.75) is 44.6 Å². The number of fused-ring (bicyclic) bond motifs is 8. The van der Waals surface area contributed by atoms with Crippen LogP contribution in [0.4, 0.5) is 14.5 Å². The van der Waals surface area contributed by atoms with Gasteiger partial charge in [0.15, 0.2) is 0 Å². The highest BCUT2D eigenvalue weighted by molar-refractivity contribution is 6.03. The monoisotopic (exact) mass is 434 g/mol. The molecule has 3 N–H and O–H groups in total. The number of pyridine rings is 2. The molecule has 1 saturated carbocycles. The number of carbonyl (C=O) groups is 1. The smallest absolute Gasteiger partial charge is 0.274 e. The lowest BCUT2D eigenvalue weighted by Gasteiger charge is -2.34. The number of aromatic nitrogens is 2. The quantitative estimate of drug-likeness (QED) is 0.535. The summed E-state index contributed by atoms with van der Waals surface area (Å²) in [5.41, 5.74) is 9.45. The zero-order valence-electron chi connectivity index (χ0n) is 17.7. The molecule has 3 atom stereocenters. The fourth-order valence-corrected chi connectivity index (χ4v) is 5.25. The standard InChI is InChI=1S/C25H24F2N4O/c1-13-6-16-9-14-8-15(11-17(28)10-14)18-4-5-29-12-22(18)31-25(32)21-3-2-19(26)24(30-21)23(16)20(27)7-13/h2-7,12,14-15,17H,8-11,28H2,1H3,(H,31,32)/t14-,15?,17?/m1/s1. The molecule has 5 nitrogen and oxygen atoms in total. The molecule has 1 aromatic carbocycles. The summed E-state index contributed by atoms with van der Waals surface area (Å²) in [5.74, 6) is -1.38. The Hall–Kier alpha value is -3.19. The Morgan fingerprint density at radius 2 is 1.94 bits per heavy atom. The fourth-order valence-electron chi connectivity index (χ4n) is 5.25. The van der Waals surface area contributed by atoms with E-state index in [9.17, 15) is 9.18 Å². The maximum Gasteiger partial charge on any atom is 0.274 e. The molecule has 3 aromatic rings. The Bertz CT molecular complexity index is 1210. The number of nitrogens with two attached hydrogens (primary N) is 1. The molecule has 7 heteroatoms. The third-order valence-corrected chi connectivity index (χ3v) is 6.52. The number of anilines is 1. The lowest BCUT2D eigenvalue weighted by molar-refractivity contribution is 0.102. The molecule has 0 radical (unpaired) electrons. The number of benzene rings is 1. The van der Waals surface area contributed by atoms with E-state index in [4.69, 9.17) is 5.73 Å². The second kappa shape index (κ2) is 8.06. The van der Waals surface area contributed by atoms with Crippen LogP contribution in [0.25, 0.3) is 11.3 Å². The molecule has 2 unspecified atom stereocenters. The number of hydrogen-bond acceptors (Lipinski definition) is 4. The van der Waals surface area contributed by atoms with Crippen LogP contribution in [0.1, 0.15) is 52.4 Å². The first-order chi connectivity index (χ1) is 15.4. The highest BCUT2D eigenvalue weighted by Gasteiger charge is 2.31. The molecule has 2 aromatic heterocycles. The number of carbonyl (C=O) groups excluding carboxylic acids is 1. The van der Waals surface area contributed by atoms with E-state index < -0.39 is 17.5 Å². The zero-order valence-corrected chi connectivity index (χ0v) is 17.7. The molecule has 5 rings (SSSR count). The molecule has 0 saturated heterocycles. The maximum absolute atomic E-state index is 15.2. The summed E-state index contributed by atoms with van der Waals surface area (Å²) in [6, 6.07) is 7.63. The van der Waals surface area contributed by atoms with Gasteiger partial charge in [-0.25, -0.2) is 13.8 Å². The minimum Gasteiger partial charge on any atom is -0.328 e. The van der Waals surface area contributed by atoms with Gasteiger partial charge in [0.2, 0.25) is 0 Å². The first kappa shape index (κ1) is 20.7. The molecule has 3 heterocycles. The van der Waals surface area contributed by atoms with Crippen LogP contribution >= 0.6 is 0 Å². The van der Waals surface area contributed by atoms with E-state index >= 15 is 4.39 Å². The maximum atomic E-state index is 15.2. The van der Waals surface area contributed by atoms with Crippen molar-refractivity contribution in [3.05, 3.63) is 76.7 Å². The average molecular weight is 434 g/mol. The van der Waals surface area contributed by atoms with Crippen molar-refractivity contribution in [3.63, 3.8) is 0 Å². The van der Waals surface area contributed by atoms with Crippen molar-refractivity contribution >= 4 is 11.6 Å². The minimum atomic E-state index is -0.666. The molecule has 164 valence electrons. The predicted octanol–water partition coefficient (Wildman–Crippen LogP) is 4.75. The number of hydrogen-bond donors (Lipinski definition) is 2. The van der Waals surface area contributed by atoms with Gasteiger partial charge in [0, 0.05) is 17.8 Å². The second-order valence-electron chi connectivity index (χ2n) is 8.96. The van der Waals surface area contributed by atoms with Crippen molar-refractivity contribution in [1.82, 2.24) is 9.97 Å². The normalized spacial score (nSPS) is 22.5. The molecule has 0 spiro atoms. The number of nitrogens with zero attached hydrogens (tertiary/aromatic N) is 2. The van der Waals surface area contributed by atoms with Crippen LogP contribution in [-0.2, 0) is 6.42 Å². The van der Waals surface area contributed by atoms with E-state index in [1.54, 1.807) is 12.4 Å². The van der Waals surface area contributed by atoms with Gasteiger partial charge in [0.1, 0.15) is 23.0 Å². The molecule has 2 aliphatic rings. The Labute approximate surface area is 185 Å². The van der Waals surface area contributed by atoms with Gasteiger partial charge >= 0.3 is 0 Å². The van der Waals surface area contributed by atoms with Crippen LogP contribution in [0, 0.1) is 24.5 Å². The van der Waals surface area contributed by atoms with E-state index in [-0.39, 0.29) is 34.8 Å². The first-order valence-electron chi connectivity index (χ1n) is 10.9. The van der Waals surface area contributed by atoms with Gasteiger partial charge in [0.05, 0.1) is 11.9 Å². The molecule has 32 heavy (non-hydrogen) atoms. The number of rotatable bonds is 0. The summed E-state index contributed by atoms with van der Waals surface area (Å²) in [6.07, 6.45) is 6.31. The van der Waals surface area contributed by atoms with E-state index in [0.717, 1.165) is 30.4 Å². The Kier molecular flexibility index (Phi) is 5.21. The Morgan fingerprint density at radius 1 is 1.09 bits per heavy atom.